The number of nitriles is 2. The van der Waals surface area contributed by atoms with Gasteiger partial charge in [0.2, 0.25) is 0 Å². The van der Waals surface area contributed by atoms with Gasteiger partial charge in [0.05, 0.1) is 22.9 Å². The number of aromatic nitrogens is 2. The standard InChI is InChI=1S/C18H12N4OS/c1-21-8-9-22(18(21)23)15-3-5-16(6-4-15)24-17-7-2-13(11-19)10-14(17)12-20/h2-10H,1H3. The smallest absolute Gasteiger partial charge is 0.302 e. The molecule has 0 saturated carbocycles. The summed E-state index contributed by atoms with van der Waals surface area (Å²) in [7, 11) is 1.71. The quantitative estimate of drug-likeness (QED) is 0.739. The molecule has 0 aliphatic heterocycles. The largest absolute Gasteiger partial charge is 0.332 e. The molecule has 0 bridgehead atoms. The molecular weight excluding hydrogens is 320 g/mol. The maximum Gasteiger partial charge on any atom is 0.332 e. The van der Waals surface area contributed by atoms with Crippen molar-refractivity contribution in [3.05, 3.63) is 76.5 Å². The van der Waals surface area contributed by atoms with Crippen LogP contribution >= 0.6 is 11.8 Å². The average molecular weight is 332 g/mol. The number of aryl methyl sites for hydroxylation is 1. The minimum absolute atomic E-state index is 0.103. The minimum atomic E-state index is -0.103. The van der Waals surface area contributed by atoms with Crippen LogP contribution in [0.4, 0.5) is 0 Å². The third kappa shape index (κ3) is 2.96. The van der Waals surface area contributed by atoms with E-state index in [2.05, 4.69) is 6.07 Å². The van der Waals surface area contributed by atoms with Crippen molar-refractivity contribution in [3.63, 3.8) is 0 Å². The summed E-state index contributed by atoms with van der Waals surface area (Å²) in [4.78, 5) is 13.7. The summed E-state index contributed by atoms with van der Waals surface area (Å²) in [5, 5.41) is 18.1. The van der Waals surface area contributed by atoms with Crippen LogP contribution in [0.2, 0.25) is 0 Å². The fraction of sp³-hybridized carbons (Fsp3) is 0.0556. The van der Waals surface area contributed by atoms with Crippen molar-refractivity contribution < 1.29 is 0 Å². The predicted molar refractivity (Wildman–Crippen MR) is 91.0 cm³/mol. The third-order valence-corrected chi connectivity index (χ3v) is 4.60. The zero-order chi connectivity index (χ0) is 17.1. The Bertz CT molecular complexity index is 1030. The van der Waals surface area contributed by atoms with Crippen LogP contribution in [0.1, 0.15) is 11.1 Å². The topological polar surface area (TPSA) is 74.5 Å². The zero-order valence-corrected chi connectivity index (χ0v) is 13.6. The van der Waals surface area contributed by atoms with Gasteiger partial charge in [0.15, 0.2) is 0 Å². The van der Waals surface area contributed by atoms with Gasteiger partial charge in [-0.15, -0.1) is 0 Å². The molecule has 116 valence electrons. The van der Waals surface area contributed by atoms with Gasteiger partial charge in [-0.1, -0.05) is 11.8 Å². The molecule has 0 amide bonds. The van der Waals surface area contributed by atoms with Crippen molar-refractivity contribution in [2.45, 2.75) is 9.79 Å². The van der Waals surface area contributed by atoms with E-state index < -0.39 is 0 Å². The first-order valence-electron chi connectivity index (χ1n) is 7.09. The van der Waals surface area contributed by atoms with Crippen molar-refractivity contribution in [1.29, 1.82) is 10.5 Å². The highest BCUT2D eigenvalue weighted by molar-refractivity contribution is 7.99. The van der Waals surface area contributed by atoms with Gasteiger partial charge in [-0.05, 0) is 42.5 Å². The van der Waals surface area contributed by atoms with Crippen molar-refractivity contribution in [2.24, 2.45) is 7.05 Å². The first kappa shape index (κ1) is 15.7. The van der Waals surface area contributed by atoms with Crippen LogP contribution in [0, 0.1) is 22.7 Å². The van der Waals surface area contributed by atoms with E-state index in [4.69, 9.17) is 5.26 Å². The molecular formula is C18H12N4OS. The van der Waals surface area contributed by atoms with E-state index in [9.17, 15) is 10.1 Å². The van der Waals surface area contributed by atoms with Crippen molar-refractivity contribution >= 4 is 11.8 Å². The van der Waals surface area contributed by atoms with Crippen LogP contribution in [0.15, 0.2) is 69.4 Å². The lowest BCUT2D eigenvalue weighted by atomic mass is 10.1. The second kappa shape index (κ2) is 6.49. The average Bonchev–Trinajstić information content (AvgIpc) is 2.95. The second-order valence-corrected chi connectivity index (χ2v) is 6.21. The Kier molecular flexibility index (Phi) is 4.24. The lowest BCUT2D eigenvalue weighted by molar-refractivity contribution is 0.823. The van der Waals surface area contributed by atoms with Crippen LogP contribution in [0.25, 0.3) is 5.69 Å². The molecule has 0 radical (unpaired) electrons. The fourth-order valence-corrected chi connectivity index (χ4v) is 3.11. The molecule has 24 heavy (non-hydrogen) atoms. The lowest BCUT2D eigenvalue weighted by Gasteiger charge is -2.06. The minimum Gasteiger partial charge on any atom is -0.302 e. The summed E-state index contributed by atoms with van der Waals surface area (Å²) < 4.78 is 3.08. The van der Waals surface area contributed by atoms with E-state index in [1.807, 2.05) is 30.3 Å². The van der Waals surface area contributed by atoms with E-state index in [0.29, 0.717) is 11.1 Å². The van der Waals surface area contributed by atoms with E-state index in [1.54, 1.807) is 42.2 Å². The Labute approximate surface area is 143 Å². The summed E-state index contributed by atoms with van der Waals surface area (Å²) >= 11 is 1.45. The molecule has 0 spiro atoms. The zero-order valence-electron chi connectivity index (χ0n) is 12.8. The molecule has 0 saturated heterocycles. The van der Waals surface area contributed by atoms with Crippen molar-refractivity contribution in [2.75, 3.05) is 0 Å². The molecule has 3 rings (SSSR count). The SMILES string of the molecule is Cn1ccn(-c2ccc(Sc3ccc(C#N)cc3C#N)cc2)c1=O. The van der Waals surface area contributed by atoms with Gasteiger partial charge in [-0.2, -0.15) is 10.5 Å². The Hall–Kier alpha value is -3.22. The molecule has 0 aliphatic rings. The number of benzene rings is 2. The van der Waals surface area contributed by atoms with Crippen LogP contribution in [0.5, 0.6) is 0 Å². The van der Waals surface area contributed by atoms with Gasteiger partial charge < -0.3 is 4.57 Å². The molecule has 0 unspecified atom stereocenters. The first-order valence-corrected chi connectivity index (χ1v) is 7.90. The molecule has 0 atom stereocenters. The van der Waals surface area contributed by atoms with Gasteiger partial charge in [-0.3, -0.25) is 4.57 Å². The Balaban J connectivity index is 1.88. The van der Waals surface area contributed by atoms with E-state index >= 15 is 0 Å². The molecule has 0 N–H and O–H groups in total. The van der Waals surface area contributed by atoms with Crippen LogP contribution < -0.4 is 5.69 Å². The van der Waals surface area contributed by atoms with E-state index in [1.165, 1.54) is 16.3 Å². The van der Waals surface area contributed by atoms with Crippen molar-refractivity contribution in [3.8, 4) is 17.8 Å². The van der Waals surface area contributed by atoms with Gasteiger partial charge >= 0.3 is 5.69 Å². The van der Waals surface area contributed by atoms with Crippen LogP contribution in [-0.4, -0.2) is 9.13 Å². The van der Waals surface area contributed by atoms with Crippen molar-refractivity contribution in [1.82, 2.24) is 9.13 Å². The number of hydrogen-bond donors (Lipinski definition) is 0. The number of nitrogens with zero attached hydrogens (tertiary/aromatic N) is 4. The normalized spacial score (nSPS) is 10.1. The first-order chi connectivity index (χ1) is 11.6. The van der Waals surface area contributed by atoms with Gasteiger partial charge in [0.1, 0.15) is 6.07 Å². The number of imidazole rings is 1. The highest BCUT2D eigenvalue weighted by Gasteiger charge is 2.07. The summed E-state index contributed by atoms with van der Waals surface area (Å²) in [6.07, 6.45) is 3.43. The van der Waals surface area contributed by atoms with Crippen LogP contribution in [-0.2, 0) is 7.05 Å². The monoisotopic (exact) mass is 332 g/mol. The molecule has 1 heterocycles. The molecule has 2 aromatic carbocycles. The van der Waals surface area contributed by atoms with Crippen LogP contribution in [0.3, 0.4) is 0 Å². The summed E-state index contributed by atoms with van der Waals surface area (Å²) in [5.74, 6) is 0. The maximum atomic E-state index is 11.9. The van der Waals surface area contributed by atoms with Gasteiger partial charge in [0.25, 0.3) is 0 Å². The predicted octanol–water partition coefficient (Wildman–Crippen LogP) is 3.07. The van der Waals surface area contributed by atoms with E-state index in [-0.39, 0.29) is 5.69 Å². The third-order valence-electron chi connectivity index (χ3n) is 3.52. The lowest BCUT2D eigenvalue weighted by Crippen LogP contribution is -2.20. The highest BCUT2D eigenvalue weighted by atomic mass is 32.2. The second-order valence-electron chi connectivity index (χ2n) is 5.09. The van der Waals surface area contributed by atoms with E-state index in [0.717, 1.165) is 15.5 Å². The molecule has 5 nitrogen and oxygen atoms in total. The summed E-state index contributed by atoms with van der Waals surface area (Å²) in [5.41, 5.74) is 1.62. The molecule has 0 fully saturated rings. The Morgan fingerprint density at radius 1 is 1.00 bits per heavy atom. The summed E-state index contributed by atoms with van der Waals surface area (Å²) in [6.45, 7) is 0. The Morgan fingerprint density at radius 3 is 2.33 bits per heavy atom. The molecule has 0 aliphatic carbocycles. The van der Waals surface area contributed by atoms with Gasteiger partial charge in [-0.25, -0.2) is 4.79 Å². The number of rotatable bonds is 3. The Morgan fingerprint density at radius 2 is 1.75 bits per heavy atom. The fourth-order valence-electron chi connectivity index (χ4n) is 2.24. The van der Waals surface area contributed by atoms with Gasteiger partial charge in [0, 0.05) is 29.2 Å². The summed E-state index contributed by atoms with van der Waals surface area (Å²) in [6, 6.07) is 16.7. The molecule has 6 heteroatoms. The molecule has 3 aromatic rings. The number of hydrogen-bond acceptors (Lipinski definition) is 4. The highest BCUT2D eigenvalue weighted by Crippen LogP contribution is 2.31. The molecule has 1 aromatic heterocycles. The maximum absolute atomic E-state index is 11.9.